The van der Waals surface area contributed by atoms with Crippen LogP contribution in [0.15, 0.2) is 54.7 Å². The summed E-state index contributed by atoms with van der Waals surface area (Å²) in [4.78, 5) is 23.3. The Morgan fingerprint density at radius 2 is 1.76 bits per heavy atom. The number of aryl methyl sites for hydroxylation is 1. The second kappa shape index (κ2) is 8.56. The van der Waals surface area contributed by atoms with E-state index in [0.717, 1.165) is 65.5 Å². The smallest absolute Gasteiger partial charge is 0.308 e. The molecular formula is C27H29N5O2. The van der Waals surface area contributed by atoms with Gasteiger partial charge in [-0.15, -0.1) is 0 Å². The van der Waals surface area contributed by atoms with Crippen molar-refractivity contribution >= 4 is 17.4 Å². The minimum absolute atomic E-state index is 0.0824. The van der Waals surface area contributed by atoms with Gasteiger partial charge < -0.3 is 10.0 Å². The Balaban J connectivity index is 1.62. The molecule has 174 valence electrons. The fraction of sp³-hybridized carbons (Fsp3) is 0.333. The third-order valence-corrected chi connectivity index (χ3v) is 6.75. The number of fused-ring (bicyclic) bond motifs is 1. The summed E-state index contributed by atoms with van der Waals surface area (Å²) in [6, 6.07) is 16.1. The van der Waals surface area contributed by atoms with Gasteiger partial charge in [-0.3, -0.25) is 9.78 Å². The molecule has 5 rings (SSSR count). The van der Waals surface area contributed by atoms with Crippen LogP contribution in [0.2, 0.25) is 0 Å². The number of anilines is 1. The number of aromatic nitrogens is 4. The number of hydrogen-bond acceptors (Lipinski definition) is 5. The summed E-state index contributed by atoms with van der Waals surface area (Å²) in [6.45, 7) is 8.17. The number of carboxylic acids is 1. The van der Waals surface area contributed by atoms with Gasteiger partial charge in [-0.1, -0.05) is 44.2 Å². The molecule has 4 heterocycles. The first kappa shape index (κ1) is 22.1. The summed E-state index contributed by atoms with van der Waals surface area (Å²) < 4.78 is 1.82. The van der Waals surface area contributed by atoms with Crippen LogP contribution < -0.4 is 4.90 Å². The molecule has 7 nitrogen and oxygen atoms in total. The van der Waals surface area contributed by atoms with Gasteiger partial charge in [0, 0.05) is 36.6 Å². The molecule has 1 fully saturated rings. The minimum atomic E-state index is -0.868. The summed E-state index contributed by atoms with van der Waals surface area (Å²) in [5.74, 6) is -0.0293. The van der Waals surface area contributed by atoms with Crippen LogP contribution in [0.3, 0.4) is 0 Å². The molecule has 1 aromatic carbocycles. The van der Waals surface area contributed by atoms with Gasteiger partial charge in [-0.2, -0.15) is 9.61 Å². The Bertz CT molecular complexity index is 1350. The molecule has 0 amide bonds. The lowest BCUT2D eigenvalue weighted by atomic mass is 9.82. The monoisotopic (exact) mass is 455 g/mol. The topological polar surface area (TPSA) is 83.6 Å². The van der Waals surface area contributed by atoms with Gasteiger partial charge in [0.2, 0.25) is 0 Å². The number of rotatable bonds is 5. The van der Waals surface area contributed by atoms with Gasteiger partial charge in [0.25, 0.3) is 0 Å². The van der Waals surface area contributed by atoms with Crippen LogP contribution in [-0.4, -0.2) is 43.7 Å². The number of aliphatic carboxylic acids is 1. The molecule has 1 aliphatic rings. The third kappa shape index (κ3) is 4.25. The molecule has 1 saturated heterocycles. The Kier molecular flexibility index (Phi) is 5.55. The molecule has 0 spiro atoms. The fourth-order valence-corrected chi connectivity index (χ4v) is 4.65. The van der Waals surface area contributed by atoms with Crippen molar-refractivity contribution < 1.29 is 9.90 Å². The maximum Gasteiger partial charge on any atom is 0.308 e. The first-order valence-corrected chi connectivity index (χ1v) is 11.7. The highest BCUT2D eigenvalue weighted by molar-refractivity contribution is 5.75. The maximum atomic E-state index is 11.7. The van der Waals surface area contributed by atoms with Crippen molar-refractivity contribution in [3.05, 3.63) is 66.0 Å². The van der Waals surface area contributed by atoms with Gasteiger partial charge in [0.15, 0.2) is 5.65 Å². The molecule has 0 aliphatic carbocycles. The number of benzene rings is 1. The lowest BCUT2D eigenvalue weighted by Crippen LogP contribution is -2.39. The van der Waals surface area contributed by atoms with Crippen molar-refractivity contribution in [2.75, 3.05) is 18.0 Å². The summed E-state index contributed by atoms with van der Waals surface area (Å²) in [5, 5.41) is 14.5. The van der Waals surface area contributed by atoms with Crippen LogP contribution in [0.25, 0.3) is 28.2 Å². The van der Waals surface area contributed by atoms with Gasteiger partial charge in [0.1, 0.15) is 11.5 Å². The van der Waals surface area contributed by atoms with Crippen molar-refractivity contribution in [1.29, 1.82) is 0 Å². The molecule has 3 aromatic heterocycles. The average Bonchev–Trinajstić information content (AvgIpc) is 3.24. The van der Waals surface area contributed by atoms with Crippen molar-refractivity contribution in [2.45, 2.75) is 40.0 Å². The van der Waals surface area contributed by atoms with Gasteiger partial charge in [-0.25, -0.2) is 4.98 Å². The molecule has 7 heteroatoms. The highest BCUT2D eigenvalue weighted by Crippen LogP contribution is 2.35. The lowest BCUT2D eigenvalue weighted by molar-refractivity contribution is -0.136. The quantitative estimate of drug-likeness (QED) is 0.455. The van der Waals surface area contributed by atoms with Crippen LogP contribution in [-0.2, 0) is 11.2 Å². The standard InChI is InChI=1S/C27H29N5O2/c1-18-21(16-25(33)34)26(31-13-10-27(2,3)11-14-31)32-24(29-18)17-23(30-32)22-15-20(9-12-28-22)19-7-5-4-6-8-19/h4-9,12,15,17H,10-11,13-14,16H2,1-3H3,(H,33,34). The van der Waals surface area contributed by atoms with E-state index >= 15 is 0 Å². The Morgan fingerprint density at radius 1 is 1.03 bits per heavy atom. The predicted molar refractivity (Wildman–Crippen MR) is 133 cm³/mol. The lowest BCUT2D eigenvalue weighted by Gasteiger charge is -2.38. The van der Waals surface area contributed by atoms with Gasteiger partial charge in [-0.05, 0) is 48.4 Å². The van der Waals surface area contributed by atoms with E-state index in [1.54, 1.807) is 6.20 Å². The molecule has 0 bridgehead atoms. The first-order chi connectivity index (χ1) is 16.3. The van der Waals surface area contributed by atoms with Crippen molar-refractivity contribution in [2.24, 2.45) is 5.41 Å². The van der Waals surface area contributed by atoms with E-state index in [0.29, 0.717) is 5.65 Å². The molecule has 1 N–H and O–H groups in total. The normalized spacial score (nSPS) is 15.6. The summed E-state index contributed by atoms with van der Waals surface area (Å²) in [7, 11) is 0. The van der Waals surface area contributed by atoms with Crippen molar-refractivity contribution in [3.63, 3.8) is 0 Å². The molecule has 0 unspecified atom stereocenters. The molecular weight excluding hydrogens is 426 g/mol. The average molecular weight is 456 g/mol. The minimum Gasteiger partial charge on any atom is -0.481 e. The largest absolute Gasteiger partial charge is 0.481 e. The van der Waals surface area contributed by atoms with E-state index in [-0.39, 0.29) is 11.8 Å². The van der Waals surface area contributed by atoms with Crippen LogP contribution in [0.4, 0.5) is 5.82 Å². The Hall–Kier alpha value is -3.74. The van der Waals surface area contributed by atoms with E-state index in [4.69, 9.17) is 10.1 Å². The SMILES string of the molecule is Cc1nc2cc(-c3cc(-c4ccccc4)ccn3)nn2c(N2CCC(C)(C)CC2)c1CC(=O)O. The van der Waals surface area contributed by atoms with E-state index in [1.165, 1.54) is 0 Å². The van der Waals surface area contributed by atoms with Gasteiger partial charge in [0.05, 0.1) is 12.1 Å². The Labute approximate surface area is 199 Å². The van der Waals surface area contributed by atoms with Crippen LogP contribution >= 0.6 is 0 Å². The van der Waals surface area contributed by atoms with Crippen molar-refractivity contribution in [1.82, 2.24) is 19.6 Å². The van der Waals surface area contributed by atoms with E-state index in [9.17, 15) is 9.90 Å². The molecule has 0 radical (unpaired) electrons. The maximum absolute atomic E-state index is 11.7. The highest BCUT2D eigenvalue weighted by Gasteiger charge is 2.29. The molecule has 4 aromatic rings. The molecule has 34 heavy (non-hydrogen) atoms. The molecule has 1 aliphatic heterocycles. The van der Waals surface area contributed by atoms with E-state index in [2.05, 4.69) is 35.9 Å². The van der Waals surface area contributed by atoms with Crippen LogP contribution in [0.1, 0.15) is 37.9 Å². The number of pyridine rings is 1. The first-order valence-electron chi connectivity index (χ1n) is 11.7. The molecule has 0 atom stereocenters. The fourth-order valence-electron chi connectivity index (χ4n) is 4.65. The zero-order valence-electron chi connectivity index (χ0n) is 19.8. The zero-order chi connectivity index (χ0) is 23.9. The highest BCUT2D eigenvalue weighted by atomic mass is 16.4. The number of nitrogens with zero attached hydrogens (tertiary/aromatic N) is 5. The van der Waals surface area contributed by atoms with Crippen LogP contribution in [0.5, 0.6) is 0 Å². The second-order valence-electron chi connectivity index (χ2n) is 9.82. The predicted octanol–water partition coefficient (Wildman–Crippen LogP) is 5.02. The number of carboxylic acid groups (broad SMARTS) is 1. The molecule has 0 saturated carbocycles. The number of hydrogen-bond donors (Lipinski definition) is 1. The number of carbonyl (C=O) groups is 1. The summed E-state index contributed by atoms with van der Waals surface area (Å²) in [6.07, 6.45) is 3.79. The van der Waals surface area contributed by atoms with E-state index in [1.807, 2.05) is 47.8 Å². The Morgan fingerprint density at radius 3 is 2.47 bits per heavy atom. The summed E-state index contributed by atoms with van der Waals surface area (Å²) >= 11 is 0. The van der Waals surface area contributed by atoms with Crippen molar-refractivity contribution in [3.8, 4) is 22.5 Å². The van der Waals surface area contributed by atoms with Crippen LogP contribution in [0, 0.1) is 12.3 Å². The van der Waals surface area contributed by atoms with E-state index < -0.39 is 5.97 Å². The second-order valence-corrected chi connectivity index (χ2v) is 9.82. The third-order valence-electron chi connectivity index (χ3n) is 6.75. The summed E-state index contributed by atoms with van der Waals surface area (Å²) in [5.41, 5.74) is 6.09. The van der Waals surface area contributed by atoms with Gasteiger partial charge >= 0.3 is 5.97 Å². The number of piperidine rings is 1. The zero-order valence-corrected chi connectivity index (χ0v) is 19.8.